The van der Waals surface area contributed by atoms with Crippen LogP contribution in [0.15, 0.2) is 24.3 Å². The third-order valence-corrected chi connectivity index (χ3v) is 3.90. The molecule has 4 nitrogen and oxygen atoms in total. The zero-order valence-corrected chi connectivity index (χ0v) is 12.6. The van der Waals surface area contributed by atoms with Crippen molar-refractivity contribution < 1.29 is 9.53 Å². The highest BCUT2D eigenvalue weighted by Crippen LogP contribution is 2.17. The number of nitrogens with zero attached hydrogens (tertiary/aromatic N) is 1. The Morgan fingerprint density at radius 2 is 2.30 bits per heavy atom. The van der Waals surface area contributed by atoms with Gasteiger partial charge in [-0.1, -0.05) is 26.0 Å². The van der Waals surface area contributed by atoms with Crippen LogP contribution in [0.5, 0.6) is 0 Å². The van der Waals surface area contributed by atoms with Crippen LogP contribution in [0, 0.1) is 5.92 Å². The van der Waals surface area contributed by atoms with Crippen LogP contribution >= 0.6 is 0 Å². The normalized spacial score (nSPS) is 20.1. The topological polar surface area (TPSA) is 41.6 Å². The molecule has 0 spiro atoms. The largest absolute Gasteiger partial charge is 0.465 e. The Labute approximate surface area is 121 Å². The second kappa shape index (κ2) is 6.86. The summed E-state index contributed by atoms with van der Waals surface area (Å²) in [5, 5.41) is 3.45. The molecule has 1 unspecified atom stereocenters. The molecule has 0 amide bonds. The highest BCUT2D eigenvalue weighted by molar-refractivity contribution is 5.89. The molecule has 0 bridgehead atoms. The predicted octanol–water partition coefficient (Wildman–Crippen LogP) is 1.90. The summed E-state index contributed by atoms with van der Waals surface area (Å²) in [5.74, 6) is 0.346. The van der Waals surface area contributed by atoms with Crippen molar-refractivity contribution in [1.29, 1.82) is 0 Å². The Bertz CT molecular complexity index is 460. The van der Waals surface area contributed by atoms with E-state index >= 15 is 0 Å². The first-order valence-electron chi connectivity index (χ1n) is 7.24. The minimum Gasteiger partial charge on any atom is -0.465 e. The van der Waals surface area contributed by atoms with Crippen LogP contribution in [0.2, 0.25) is 0 Å². The number of hydrogen-bond acceptors (Lipinski definition) is 4. The van der Waals surface area contributed by atoms with E-state index in [1.54, 1.807) is 6.07 Å². The smallest absolute Gasteiger partial charge is 0.337 e. The van der Waals surface area contributed by atoms with Gasteiger partial charge in [-0.2, -0.15) is 0 Å². The number of rotatable bonds is 4. The molecule has 1 aliphatic rings. The lowest BCUT2D eigenvalue weighted by Crippen LogP contribution is -2.52. The first-order chi connectivity index (χ1) is 9.61. The van der Waals surface area contributed by atoms with Gasteiger partial charge in [-0.05, 0) is 23.6 Å². The Balaban J connectivity index is 2.10. The first kappa shape index (κ1) is 15.0. The average molecular weight is 276 g/mol. The molecule has 4 heteroatoms. The summed E-state index contributed by atoms with van der Waals surface area (Å²) >= 11 is 0. The zero-order chi connectivity index (χ0) is 14.5. The van der Waals surface area contributed by atoms with Gasteiger partial charge in [0, 0.05) is 32.2 Å². The van der Waals surface area contributed by atoms with Gasteiger partial charge in [0.25, 0.3) is 0 Å². The summed E-state index contributed by atoms with van der Waals surface area (Å²) in [5.41, 5.74) is 1.79. The van der Waals surface area contributed by atoms with E-state index < -0.39 is 0 Å². The van der Waals surface area contributed by atoms with Gasteiger partial charge in [0.1, 0.15) is 0 Å². The first-order valence-corrected chi connectivity index (χ1v) is 7.24. The van der Waals surface area contributed by atoms with E-state index in [9.17, 15) is 4.79 Å². The lowest BCUT2D eigenvalue weighted by atomic mass is 9.99. The minimum absolute atomic E-state index is 0.271. The van der Waals surface area contributed by atoms with Gasteiger partial charge < -0.3 is 10.1 Å². The summed E-state index contributed by atoms with van der Waals surface area (Å²) in [6.45, 7) is 8.51. The van der Waals surface area contributed by atoms with E-state index in [1.165, 1.54) is 12.7 Å². The van der Waals surface area contributed by atoms with Crippen LogP contribution in [0.25, 0.3) is 0 Å². The minimum atomic E-state index is -0.271. The van der Waals surface area contributed by atoms with Crippen molar-refractivity contribution in [2.75, 3.05) is 26.7 Å². The van der Waals surface area contributed by atoms with Crippen molar-refractivity contribution in [3.8, 4) is 0 Å². The molecule has 0 aliphatic carbocycles. The van der Waals surface area contributed by atoms with E-state index in [-0.39, 0.29) is 5.97 Å². The molecule has 1 atom stereocenters. The SMILES string of the molecule is COC(=O)c1cccc(CN2CCNCC2C(C)C)c1. The van der Waals surface area contributed by atoms with Crippen LogP contribution in [-0.4, -0.2) is 43.7 Å². The van der Waals surface area contributed by atoms with E-state index in [0.29, 0.717) is 17.5 Å². The maximum Gasteiger partial charge on any atom is 0.337 e. The number of hydrogen-bond donors (Lipinski definition) is 1. The Hall–Kier alpha value is -1.39. The van der Waals surface area contributed by atoms with Crippen molar-refractivity contribution in [2.45, 2.75) is 26.4 Å². The molecular weight excluding hydrogens is 252 g/mol. The number of carbonyl (C=O) groups excluding carboxylic acids is 1. The maximum atomic E-state index is 11.6. The lowest BCUT2D eigenvalue weighted by Gasteiger charge is -2.38. The Morgan fingerprint density at radius 1 is 1.50 bits per heavy atom. The summed E-state index contributed by atoms with van der Waals surface area (Å²) in [6.07, 6.45) is 0. The summed E-state index contributed by atoms with van der Waals surface area (Å²) in [4.78, 5) is 14.1. The molecule has 1 fully saturated rings. The number of nitrogens with one attached hydrogen (secondary N) is 1. The number of carbonyl (C=O) groups is 1. The highest BCUT2D eigenvalue weighted by Gasteiger charge is 2.24. The van der Waals surface area contributed by atoms with Gasteiger partial charge in [0.05, 0.1) is 12.7 Å². The molecule has 110 valence electrons. The fourth-order valence-corrected chi connectivity index (χ4v) is 2.77. The second-order valence-corrected chi connectivity index (χ2v) is 5.68. The van der Waals surface area contributed by atoms with Crippen LogP contribution in [0.1, 0.15) is 29.8 Å². The zero-order valence-electron chi connectivity index (χ0n) is 12.6. The summed E-state index contributed by atoms with van der Waals surface area (Å²) in [6, 6.07) is 8.28. The average Bonchev–Trinajstić information content (AvgIpc) is 2.47. The van der Waals surface area contributed by atoms with Gasteiger partial charge in [0.2, 0.25) is 0 Å². The molecule has 0 radical (unpaired) electrons. The van der Waals surface area contributed by atoms with Crippen molar-refractivity contribution in [3.05, 3.63) is 35.4 Å². The number of esters is 1. The molecule has 2 rings (SSSR count). The Kier molecular flexibility index (Phi) is 5.15. The fourth-order valence-electron chi connectivity index (χ4n) is 2.77. The molecular formula is C16H24N2O2. The summed E-state index contributed by atoms with van der Waals surface area (Å²) < 4.78 is 4.78. The molecule has 1 heterocycles. The third-order valence-electron chi connectivity index (χ3n) is 3.90. The summed E-state index contributed by atoms with van der Waals surface area (Å²) in [7, 11) is 1.42. The van der Waals surface area contributed by atoms with Crippen molar-refractivity contribution in [2.24, 2.45) is 5.92 Å². The maximum absolute atomic E-state index is 11.6. The van der Waals surface area contributed by atoms with E-state index in [0.717, 1.165) is 26.2 Å². The molecule has 1 N–H and O–H groups in total. The molecule has 1 aromatic carbocycles. The number of benzene rings is 1. The molecule has 1 aliphatic heterocycles. The van der Waals surface area contributed by atoms with Crippen LogP contribution in [-0.2, 0) is 11.3 Å². The predicted molar refractivity (Wildman–Crippen MR) is 79.7 cm³/mol. The standard InChI is InChI=1S/C16H24N2O2/c1-12(2)15-10-17-7-8-18(15)11-13-5-4-6-14(9-13)16(19)20-3/h4-6,9,12,15,17H,7-8,10-11H2,1-3H3. The molecule has 1 aromatic rings. The number of methoxy groups -OCH3 is 1. The van der Waals surface area contributed by atoms with Gasteiger partial charge in [0.15, 0.2) is 0 Å². The van der Waals surface area contributed by atoms with Crippen LogP contribution in [0.4, 0.5) is 0 Å². The molecule has 20 heavy (non-hydrogen) atoms. The lowest BCUT2D eigenvalue weighted by molar-refractivity contribution is 0.0600. The van der Waals surface area contributed by atoms with Gasteiger partial charge in [-0.15, -0.1) is 0 Å². The van der Waals surface area contributed by atoms with Crippen molar-refractivity contribution >= 4 is 5.97 Å². The fraction of sp³-hybridized carbons (Fsp3) is 0.562. The van der Waals surface area contributed by atoms with Crippen molar-refractivity contribution in [1.82, 2.24) is 10.2 Å². The van der Waals surface area contributed by atoms with Crippen molar-refractivity contribution in [3.63, 3.8) is 0 Å². The van der Waals surface area contributed by atoms with E-state index in [1.807, 2.05) is 12.1 Å². The second-order valence-electron chi connectivity index (χ2n) is 5.68. The van der Waals surface area contributed by atoms with Gasteiger partial charge in [-0.25, -0.2) is 4.79 Å². The van der Waals surface area contributed by atoms with E-state index in [2.05, 4.69) is 30.1 Å². The molecule has 1 saturated heterocycles. The van der Waals surface area contributed by atoms with Crippen LogP contribution < -0.4 is 5.32 Å². The van der Waals surface area contributed by atoms with Gasteiger partial charge in [-0.3, -0.25) is 4.90 Å². The van der Waals surface area contributed by atoms with Gasteiger partial charge >= 0.3 is 5.97 Å². The molecule has 0 aromatic heterocycles. The molecule has 0 saturated carbocycles. The number of piperazine rings is 1. The third kappa shape index (κ3) is 3.58. The van der Waals surface area contributed by atoms with E-state index in [4.69, 9.17) is 4.74 Å². The number of ether oxygens (including phenoxy) is 1. The monoisotopic (exact) mass is 276 g/mol. The van der Waals surface area contributed by atoms with Crippen LogP contribution in [0.3, 0.4) is 0 Å². The Morgan fingerprint density at radius 3 is 3.00 bits per heavy atom. The highest BCUT2D eigenvalue weighted by atomic mass is 16.5. The quantitative estimate of drug-likeness (QED) is 0.853.